The summed E-state index contributed by atoms with van der Waals surface area (Å²) in [6.45, 7) is 4.35. The topological polar surface area (TPSA) is 89.4 Å². The van der Waals surface area contributed by atoms with Gasteiger partial charge in [0, 0.05) is 13.6 Å². The summed E-state index contributed by atoms with van der Waals surface area (Å²) in [5.41, 5.74) is 0.0173. The maximum atomic E-state index is 12.1. The molecule has 0 saturated heterocycles. The Hall–Kier alpha value is -2.23. The van der Waals surface area contributed by atoms with Crippen molar-refractivity contribution in [3.63, 3.8) is 0 Å². The molecule has 0 fully saturated rings. The van der Waals surface area contributed by atoms with E-state index in [9.17, 15) is 4.79 Å². The summed E-state index contributed by atoms with van der Waals surface area (Å²) in [5.74, 6) is 0. The monoisotopic (exact) mass is 274 g/mol. The summed E-state index contributed by atoms with van der Waals surface area (Å²) in [6.07, 6.45) is 3.99. The normalized spacial score (nSPS) is 11.7. The molecule has 0 aromatic carbocycles. The van der Waals surface area contributed by atoms with Crippen LogP contribution in [0, 0.1) is 16.7 Å². The van der Waals surface area contributed by atoms with E-state index >= 15 is 0 Å². The molecule has 7 nitrogen and oxygen atoms in total. The SMILES string of the molecule is Cn1ncc2c(=O)n(CCCCC(C)(C)C#N)nnc21. The predicted octanol–water partition coefficient (Wildman–Crippen LogP) is 1.25. The van der Waals surface area contributed by atoms with E-state index in [1.54, 1.807) is 7.05 Å². The Bertz CT molecular complexity index is 706. The molecule has 0 aliphatic rings. The molecule has 0 bridgehead atoms. The second-order valence-corrected chi connectivity index (χ2v) is 5.58. The first-order chi connectivity index (χ1) is 9.44. The summed E-state index contributed by atoms with van der Waals surface area (Å²) in [4.78, 5) is 12.1. The van der Waals surface area contributed by atoms with E-state index in [2.05, 4.69) is 21.5 Å². The van der Waals surface area contributed by atoms with Crippen molar-refractivity contribution in [2.45, 2.75) is 39.7 Å². The number of fused-ring (bicyclic) bond motifs is 1. The maximum Gasteiger partial charge on any atom is 0.280 e. The van der Waals surface area contributed by atoms with Crippen molar-refractivity contribution < 1.29 is 0 Å². The lowest BCUT2D eigenvalue weighted by molar-refractivity contribution is 0.406. The number of unbranched alkanes of at least 4 members (excludes halogenated alkanes) is 1. The number of rotatable bonds is 5. The van der Waals surface area contributed by atoms with Crippen molar-refractivity contribution >= 4 is 11.0 Å². The summed E-state index contributed by atoms with van der Waals surface area (Å²) >= 11 is 0. The molecule has 2 aromatic rings. The van der Waals surface area contributed by atoms with Gasteiger partial charge in [-0.1, -0.05) is 11.6 Å². The van der Waals surface area contributed by atoms with Gasteiger partial charge in [-0.25, -0.2) is 9.36 Å². The van der Waals surface area contributed by atoms with E-state index in [1.165, 1.54) is 15.6 Å². The smallest absolute Gasteiger partial charge is 0.267 e. The highest BCUT2D eigenvalue weighted by atomic mass is 16.1. The van der Waals surface area contributed by atoms with Crippen molar-refractivity contribution in [1.82, 2.24) is 24.8 Å². The number of nitrogens with zero attached hydrogens (tertiary/aromatic N) is 6. The van der Waals surface area contributed by atoms with Crippen molar-refractivity contribution in [2.24, 2.45) is 12.5 Å². The number of nitriles is 1. The highest BCUT2D eigenvalue weighted by molar-refractivity contribution is 5.72. The Kier molecular flexibility index (Phi) is 3.84. The van der Waals surface area contributed by atoms with Crippen LogP contribution in [-0.4, -0.2) is 24.8 Å². The molecule has 0 N–H and O–H groups in total. The first-order valence-corrected chi connectivity index (χ1v) is 6.61. The Balaban J connectivity index is 2.03. The third-order valence-corrected chi connectivity index (χ3v) is 3.34. The van der Waals surface area contributed by atoms with E-state index < -0.39 is 0 Å². The third kappa shape index (κ3) is 2.85. The van der Waals surface area contributed by atoms with Gasteiger partial charge < -0.3 is 0 Å². The largest absolute Gasteiger partial charge is 0.280 e. The lowest BCUT2D eigenvalue weighted by Gasteiger charge is -2.14. The van der Waals surface area contributed by atoms with E-state index in [-0.39, 0.29) is 11.0 Å². The van der Waals surface area contributed by atoms with Crippen LogP contribution in [-0.2, 0) is 13.6 Å². The van der Waals surface area contributed by atoms with Gasteiger partial charge in [0.2, 0.25) is 0 Å². The molecule has 7 heteroatoms. The molecule has 0 saturated carbocycles. The average Bonchev–Trinajstić information content (AvgIpc) is 2.79. The molecule has 20 heavy (non-hydrogen) atoms. The van der Waals surface area contributed by atoms with Crippen LogP contribution in [0.15, 0.2) is 11.0 Å². The molecule has 106 valence electrons. The Morgan fingerprint density at radius 2 is 2.15 bits per heavy atom. The van der Waals surface area contributed by atoms with E-state index in [0.717, 1.165) is 19.3 Å². The third-order valence-electron chi connectivity index (χ3n) is 3.34. The minimum absolute atomic E-state index is 0.164. The predicted molar refractivity (Wildman–Crippen MR) is 73.8 cm³/mol. The van der Waals surface area contributed by atoms with E-state index in [1.807, 2.05) is 13.8 Å². The first kappa shape index (κ1) is 14.2. The van der Waals surface area contributed by atoms with Crippen LogP contribution in [0.2, 0.25) is 0 Å². The van der Waals surface area contributed by atoms with Crippen LogP contribution in [0.3, 0.4) is 0 Å². The Morgan fingerprint density at radius 1 is 1.40 bits per heavy atom. The zero-order valence-corrected chi connectivity index (χ0v) is 12.0. The number of aryl methyl sites for hydroxylation is 2. The second-order valence-electron chi connectivity index (χ2n) is 5.58. The van der Waals surface area contributed by atoms with Gasteiger partial charge in [0.05, 0.1) is 17.7 Å². The minimum Gasteiger partial charge on any atom is -0.267 e. The van der Waals surface area contributed by atoms with Crippen LogP contribution in [0.1, 0.15) is 33.1 Å². The van der Waals surface area contributed by atoms with Crippen molar-refractivity contribution in [2.75, 3.05) is 0 Å². The van der Waals surface area contributed by atoms with Crippen LogP contribution in [0.5, 0.6) is 0 Å². The molecule has 2 rings (SSSR count). The molecular weight excluding hydrogens is 256 g/mol. The summed E-state index contributed by atoms with van der Waals surface area (Å²) in [6, 6.07) is 2.27. The van der Waals surface area contributed by atoms with Gasteiger partial charge in [0.25, 0.3) is 5.56 Å². The molecule has 0 atom stereocenters. The number of hydrogen-bond donors (Lipinski definition) is 0. The van der Waals surface area contributed by atoms with Gasteiger partial charge in [0.1, 0.15) is 5.39 Å². The standard InChI is InChI=1S/C13H18N6O/c1-13(2,9-14)6-4-5-7-19-12(20)10-8-15-18(3)11(10)16-17-19/h8H,4-7H2,1-3H3. The Morgan fingerprint density at radius 3 is 2.85 bits per heavy atom. The molecule has 2 heterocycles. The molecule has 0 radical (unpaired) electrons. The number of hydrogen-bond acceptors (Lipinski definition) is 5. The zero-order valence-electron chi connectivity index (χ0n) is 12.0. The fraction of sp³-hybridized carbons (Fsp3) is 0.615. The van der Waals surface area contributed by atoms with Gasteiger partial charge >= 0.3 is 0 Å². The van der Waals surface area contributed by atoms with Crippen molar-refractivity contribution in [3.8, 4) is 6.07 Å². The van der Waals surface area contributed by atoms with E-state index in [4.69, 9.17) is 5.26 Å². The van der Waals surface area contributed by atoms with Gasteiger partial charge in [-0.15, -0.1) is 5.10 Å². The highest BCUT2D eigenvalue weighted by Gasteiger charge is 2.16. The van der Waals surface area contributed by atoms with Gasteiger partial charge in [-0.3, -0.25) is 4.79 Å². The van der Waals surface area contributed by atoms with Crippen molar-refractivity contribution in [1.29, 1.82) is 5.26 Å². The molecule has 0 aliphatic carbocycles. The van der Waals surface area contributed by atoms with Crippen LogP contribution in [0.4, 0.5) is 0 Å². The lowest BCUT2D eigenvalue weighted by atomic mass is 9.89. The van der Waals surface area contributed by atoms with Crippen LogP contribution in [0.25, 0.3) is 11.0 Å². The Labute approximate surface area is 116 Å². The highest BCUT2D eigenvalue weighted by Crippen LogP contribution is 2.21. The van der Waals surface area contributed by atoms with Crippen LogP contribution >= 0.6 is 0 Å². The second kappa shape index (κ2) is 5.41. The number of aromatic nitrogens is 5. The minimum atomic E-state index is -0.316. The van der Waals surface area contributed by atoms with Crippen LogP contribution < -0.4 is 5.56 Å². The molecule has 0 aliphatic heterocycles. The molecule has 0 amide bonds. The van der Waals surface area contributed by atoms with Gasteiger partial charge in [0.15, 0.2) is 5.65 Å². The average molecular weight is 274 g/mol. The lowest BCUT2D eigenvalue weighted by Crippen LogP contribution is -2.24. The fourth-order valence-corrected chi connectivity index (χ4v) is 2.01. The zero-order chi connectivity index (χ0) is 14.8. The molecule has 0 unspecified atom stereocenters. The summed E-state index contributed by atoms with van der Waals surface area (Å²) in [5, 5.41) is 21.4. The first-order valence-electron chi connectivity index (χ1n) is 6.61. The molecule has 2 aromatic heterocycles. The summed E-state index contributed by atoms with van der Waals surface area (Å²) < 4.78 is 2.90. The summed E-state index contributed by atoms with van der Waals surface area (Å²) in [7, 11) is 1.73. The maximum absolute atomic E-state index is 12.1. The van der Waals surface area contributed by atoms with Gasteiger partial charge in [-0.2, -0.15) is 10.4 Å². The van der Waals surface area contributed by atoms with E-state index in [0.29, 0.717) is 17.6 Å². The quantitative estimate of drug-likeness (QED) is 0.765. The van der Waals surface area contributed by atoms with Crippen molar-refractivity contribution in [3.05, 3.63) is 16.6 Å². The van der Waals surface area contributed by atoms with Gasteiger partial charge in [-0.05, 0) is 26.7 Å². The fourth-order valence-electron chi connectivity index (χ4n) is 2.01. The molecular formula is C13H18N6O. The molecule has 0 spiro atoms.